The molecule has 0 atom stereocenters. The van der Waals surface area contributed by atoms with Gasteiger partial charge in [-0.05, 0) is 86.6 Å². The van der Waals surface area contributed by atoms with Crippen LogP contribution in [0.4, 0.5) is 28.8 Å². The van der Waals surface area contributed by atoms with Crippen LogP contribution in [0.3, 0.4) is 0 Å². The van der Waals surface area contributed by atoms with Crippen LogP contribution in [0.15, 0.2) is 0 Å². The molecule has 0 spiro atoms. The Kier molecular flexibility index (Phi) is 39.4. The van der Waals surface area contributed by atoms with Gasteiger partial charge < -0.3 is 75.1 Å². The van der Waals surface area contributed by atoms with Crippen LogP contribution in [0.2, 0.25) is 0 Å². The molecule has 1 saturated heterocycles. The summed E-state index contributed by atoms with van der Waals surface area (Å²) < 4.78 is 40.5. The molecule has 0 aromatic heterocycles. The minimum Gasteiger partial charge on any atom is -0.447 e. The van der Waals surface area contributed by atoms with Crippen LogP contribution >= 0.6 is 0 Å². The first-order chi connectivity index (χ1) is 34.9. The van der Waals surface area contributed by atoms with Gasteiger partial charge in [-0.15, -0.1) is 5.06 Å². The number of amides is 9. The Hall–Kier alpha value is -6.50. The number of imide groups is 1. The minimum atomic E-state index is -0.748. The number of nitrogens with one attached hydrogen (secondary N) is 7. The number of unbranched alkanes of at least 4 members (excludes halogenated alkanes) is 2. The first-order valence-corrected chi connectivity index (χ1v) is 23.8. The predicted octanol–water partition coefficient (Wildman–Crippen LogP) is 1.87. The molecule has 0 aliphatic carbocycles. The summed E-state index contributed by atoms with van der Waals surface area (Å²) >= 11 is 0. The Morgan fingerprint density at radius 2 is 0.905 bits per heavy atom. The average molecular weight is 1070 g/mol. The molecule has 1 rings (SSSR count). The summed E-state index contributed by atoms with van der Waals surface area (Å²) in [4.78, 5) is 128. The van der Waals surface area contributed by atoms with Gasteiger partial charge in [0, 0.05) is 67.2 Å². The van der Waals surface area contributed by atoms with Gasteiger partial charge in [0.25, 0.3) is 11.8 Å². The minimum absolute atomic E-state index is 0.0214. The SMILES string of the molecule is CC(C)(C)OC(=O)NOCCCCN.CNC(=O)OCC(COC(=O)NC)OCCCC(=O)NCCCCONC(=O)OC(C)(C)C.CNC(=O)OCC(COC(=O)NC)OCCCC(=O)ON1C(=O)CCC1=O. The van der Waals surface area contributed by atoms with Gasteiger partial charge >= 0.3 is 42.5 Å². The molecule has 0 aromatic carbocycles. The lowest BCUT2D eigenvalue weighted by molar-refractivity contribution is -0.197. The number of carbonyl (C=O) groups is 10. The summed E-state index contributed by atoms with van der Waals surface area (Å²) in [6.07, 6.45) is -1.36. The monoisotopic (exact) mass is 1070 g/mol. The molecule has 30 nitrogen and oxygen atoms in total. The normalized spacial score (nSPS) is 11.9. The molecule has 9 N–H and O–H groups in total. The van der Waals surface area contributed by atoms with E-state index in [4.69, 9.17) is 58.1 Å². The second kappa shape index (κ2) is 41.9. The van der Waals surface area contributed by atoms with Crippen LogP contribution in [-0.4, -0.2) is 183 Å². The van der Waals surface area contributed by atoms with Crippen LogP contribution in [0.25, 0.3) is 0 Å². The third kappa shape index (κ3) is 43.1. The van der Waals surface area contributed by atoms with E-state index in [1.54, 1.807) is 41.5 Å². The summed E-state index contributed by atoms with van der Waals surface area (Å²) in [5.41, 5.74) is 8.59. The van der Waals surface area contributed by atoms with Crippen molar-refractivity contribution in [3.63, 3.8) is 0 Å². The Morgan fingerprint density at radius 1 is 0.527 bits per heavy atom. The van der Waals surface area contributed by atoms with E-state index in [9.17, 15) is 47.9 Å². The number of hydroxylamine groups is 4. The number of nitrogens with two attached hydrogens (primary N) is 1. The van der Waals surface area contributed by atoms with Crippen molar-refractivity contribution >= 4 is 60.3 Å². The number of hydrogen-bond acceptors (Lipinski definition) is 22. The Balaban J connectivity index is 0. The number of hydrogen-bond donors (Lipinski definition) is 8. The fourth-order valence-electron chi connectivity index (χ4n) is 4.76. The van der Waals surface area contributed by atoms with E-state index in [1.165, 1.54) is 28.2 Å². The highest BCUT2D eigenvalue weighted by atomic mass is 16.7. The quantitative estimate of drug-likeness (QED) is 0.0220. The van der Waals surface area contributed by atoms with E-state index in [1.807, 2.05) is 0 Å². The van der Waals surface area contributed by atoms with E-state index < -0.39 is 77.8 Å². The van der Waals surface area contributed by atoms with Crippen molar-refractivity contribution in [1.82, 2.24) is 42.6 Å². The highest BCUT2D eigenvalue weighted by Gasteiger charge is 2.32. The van der Waals surface area contributed by atoms with Gasteiger partial charge in [-0.2, -0.15) is 11.0 Å². The summed E-state index contributed by atoms with van der Waals surface area (Å²) in [5.74, 6) is -1.99. The maximum atomic E-state index is 11.9. The Morgan fingerprint density at radius 3 is 1.27 bits per heavy atom. The van der Waals surface area contributed by atoms with Crippen LogP contribution in [0.1, 0.15) is 106 Å². The molecule has 9 amide bonds. The Bertz CT molecular complexity index is 1620. The fraction of sp³-hybridized carbons (Fsp3) is 0.773. The molecular weight excluding hydrogens is 991 g/mol. The molecule has 1 heterocycles. The smallest absolute Gasteiger partial charge is 0.431 e. The van der Waals surface area contributed by atoms with E-state index in [0.717, 1.165) is 12.8 Å². The molecule has 30 heteroatoms. The van der Waals surface area contributed by atoms with E-state index in [-0.39, 0.29) is 77.7 Å². The van der Waals surface area contributed by atoms with Gasteiger partial charge in [0.15, 0.2) is 0 Å². The van der Waals surface area contributed by atoms with Gasteiger partial charge in [0.05, 0.1) is 19.6 Å². The van der Waals surface area contributed by atoms with Crippen molar-refractivity contribution < 1.29 is 100 Å². The number of alkyl carbamates (subject to hydrolysis) is 4. The summed E-state index contributed by atoms with van der Waals surface area (Å²) in [6.45, 7) is 12.2. The summed E-state index contributed by atoms with van der Waals surface area (Å²) in [7, 11) is 5.62. The maximum Gasteiger partial charge on any atom is 0.431 e. The molecular formula is C44H81N9O21. The third-order valence-electron chi connectivity index (χ3n) is 8.20. The van der Waals surface area contributed by atoms with E-state index >= 15 is 0 Å². The standard InChI is InChI=1S/C20H38N4O9.C15H23N3O9.C9H20N2O3/c1-20(2,3)33-19(28)24-32-12-7-6-10-23-16(25)9-8-11-29-15(13-30-17(26)21-4)14-31-18(27)22-5;1-16-14(22)25-8-10(9-26-15(23)17-2)24-7-3-4-13(21)27-18-11(19)5-6-12(18)20;1-9(2,3)14-8(12)11-13-7-5-4-6-10/h15H,6-14H2,1-5H3,(H,21,26)(H,22,27)(H,23,25)(H,24,28);10H,3-9H2,1-2H3,(H,16,22)(H,17,23);4-7,10H2,1-3H3,(H,11,12). The highest BCUT2D eigenvalue weighted by molar-refractivity contribution is 6.01. The second-order valence-corrected chi connectivity index (χ2v) is 17.1. The van der Waals surface area contributed by atoms with Crippen LogP contribution in [0, 0.1) is 0 Å². The molecule has 1 fully saturated rings. The van der Waals surface area contributed by atoms with Crippen LogP contribution in [-0.2, 0) is 71.6 Å². The zero-order valence-corrected chi connectivity index (χ0v) is 44.4. The Labute approximate surface area is 431 Å². The van der Waals surface area contributed by atoms with Crippen molar-refractivity contribution in [3.05, 3.63) is 0 Å². The molecule has 1 aliphatic rings. The van der Waals surface area contributed by atoms with Crippen LogP contribution < -0.4 is 43.3 Å². The van der Waals surface area contributed by atoms with Crippen molar-refractivity contribution in [3.8, 4) is 0 Å². The lowest BCUT2D eigenvalue weighted by Crippen LogP contribution is -2.33. The third-order valence-corrected chi connectivity index (χ3v) is 8.20. The van der Waals surface area contributed by atoms with Gasteiger partial charge in [0.2, 0.25) is 5.91 Å². The first kappa shape index (κ1) is 69.6. The largest absolute Gasteiger partial charge is 0.447 e. The lowest BCUT2D eigenvalue weighted by Gasteiger charge is -2.19. The number of carbonyl (C=O) groups excluding carboxylic acids is 10. The number of ether oxygens (including phenoxy) is 8. The maximum absolute atomic E-state index is 11.9. The van der Waals surface area contributed by atoms with Gasteiger partial charge in [-0.25, -0.2) is 33.6 Å². The van der Waals surface area contributed by atoms with Crippen molar-refractivity contribution in [2.45, 2.75) is 129 Å². The molecule has 0 saturated carbocycles. The highest BCUT2D eigenvalue weighted by Crippen LogP contribution is 2.13. The zero-order valence-electron chi connectivity index (χ0n) is 44.4. The number of nitrogens with zero attached hydrogens (tertiary/aromatic N) is 1. The van der Waals surface area contributed by atoms with Crippen LogP contribution in [0.5, 0.6) is 0 Å². The predicted molar refractivity (Wildman–Crippen MR) is 258 cm³/mol. The molecule has 74 heavy (non-hydrogen) atoms. The topological polar surface area (TPSA) is 386 Å². The van der Waals surface area contributed by atoms with E-state index in [2.05, 4.69) is 37.5 Å². The molecule has 0 aromatic rings. The van der Waals surface area contributed by atoms with E-state index in [0.29, 0.717) is 50.6 Å². The lowest BCUT2D eigenvalue weighted by atomic mass is 10.2. The zero-order chi connectivity index (χ0) is 56.4. The van der Waals surface area contributed by atoms with Crippen molar-refractivity contribution in [2.75, 3.05) is 94.1 Å². The van der Waals surface area contributed by atoms with Crippen molar-refractivity contribution in [1.29, 1.82) is 0 Å². The average Bonchev–Trinajstić information content (AvgIpc) is 3.65. The molecule has 1 aliphatic heterocycles. The number of rotatable bonds is 30. The fourth-order valence-corrected chi connectivity index (χ4v) is 4.76. The van der Waals surface area contributed by atoms with Gasteiger partial charge in [0.1, 0.15) is 49.8 Å². The molecule has 0 unspecified atom stereocenters. The van der Waals surface area contributed by atoms with Crippen molar-refractivity contribution in [2.24, 2.45) is 5.73 Å². The summed E-state index contributed by atoms with van der Waals surface area (Å²) in [6, 6.07) is 0. The molecule has 0 radical (unpaired) electrons. The molecule has 428 valence electrons. The van der Waals surface area contributed by atoms with Gasteiger partial charge in [-0.1, -0.05) is 0 Å². The summed E-state index contributed by atoms with van der Waals surface area (Å²) in [5, 5.41) is 12.4. The molecule has 0 bridgehead atoms. The second-order valence-electron chi connectivity index (χ2n) is 17.1. The van der Waals surface area contributed by atoms with Gasteiger partial charge in [-0.3, -0.25) is 24.1 Å². The first-order valence-electron chi connectivity index (χ1n) is 23.8.